The van der Waals surface area contributed by atoms with Gasteiger partial charge in [-0.1, -0.05) is 18.2 Å². The van der Waals surface area contributed by atoms with Crippen molar-refractivity contribution in [1.29, 1.82) is 0 Å². The molecule has 49 heavy (non-hydrogen) atoms. The van der Waals surface area contributed by atoms with Gasteiger partial charge in [0.15, 0.2) is 0 Å². The molecule has 2 saturated heterocycles. The molecular weight excluding hydrogens is 644 g/mol. The van der Waals surface area contributed by atoms with Gasteiger partial charge in [-0.15, -0.1) is 12.4 Å². The molecule has 0 saturated carbocycles. The summed E-state index contributed by atoms with van der Waals surface area (Å²) in [5, 5.41) is 5.92. The van der Waals surface area contributed by atoms with E-state index in [2.05, 4.69) is 50.5 Å². The number of morpholine rings is 1. The van der Waals surface area contributed by atoms with Crippen LogP contribution in [-0.2, 0) is 9.47 Å². The molecule has 3 aromatic carbocycles. The summed E-state index contributed by atoms with van der Waals surface area (Å²) in [7, 11) is 4.12. The van der Waals surface area contributed by atoms with E-state index in [0.717, 1.165) is 56.8 Å². The monoisotopic (exact) mass is 692 g/mol. The third-order valence-corrected chi connectivity index (χ3v) is 7.69. The van der Waals surface area contributed by atoms with Crippen molar-refractivity contribution in [2.24, 2.45) is 9.98 Å². The summed E-state index contributed by atoms with van der Waals surface area (Å²) in [6, 6.07) is 22.8. The molecule has 2 amide bonds. The van der Waals surface area contributed by atoms with E-state index in [1.165, 1.54) is 0 Å². The standard InChI is InChI=1S/C29H31N3O5.C8H17N3.ClH/c1-20-8-9-23(30-28(33)21-4-2-6-24(16-21)32-11-14-35-15-12-32)18-27(20)31-29(34)22-5-3-7-25(17-22)37-26-10-13-36-19-26;1-4-9-8-10-6-5-7-11(2)3;/h2-9,16-18,26H,10-15,19H2,1H3,(H,30,33)(H,31,34);4-7H2,1-3H3;1H. The quantitative estimate of drug-likeness (QED) is 0.175. The van der Waals surface area contributed by atoms with E-state index < -0.39 is 0 Å². The maximum Gasteiger partial charge on any atom is 0.255 e. The van der Waals surface area contributed by atoms with E-state index in [1.807, 2.05) is 50.2 Å². The highest BCUT2D eigenvalue weighted by molar-refractivity contribution is 6.07. The first-order valence-corrected chi connectivity index (χ1v) is 16.6. The number of hydrogen-bond acceptors (Lipinski definition) is 9. The zero-order valence-corrected chi connectivity index (χ0v) is 29.8. The molecule has 1 unspecified atom stereocenters. The summed E-state index contributed by atoms with van der Waals surface area (Å²) in [4.78, 5) is 38.2. The molecule has 1 atom stereocenters. The molecule has 0 aromatic heterocycles. The van der Waals surface area contributed by atoms with Crippen molar-refractivity contribution in [1.82, 2.24) is 4.90 Å². The summed E-state index contributed by atoms with van der Waals surface area (Å²) >= 11 is 0. The number of nitrogens with one attached hydrogen (secondary N) is 2. The Morgan fingerprint density at radius 3 is 2.39 bits per heavy atom. The average molecular weight is 693 g/mol. The number of hydrogen-bond donors (Lipinski definition) is 2. The molecule has 2 N–H and O–H groups in total. The smallest absolute Gasteiger partial charge is 0.255 e. The topological polar surface area (TPSA) is 117 Å². The van der Waals surface area contributed by atoms with Crippen LogP contribution in [0, 0.1) is 6.92 Å². The van der Waals surface area contributed by atoms with Gasteiger partial charge in [0.25, 0.3) is 11.8 Å². The number of carbonyl (C=O) groups is 2. The maximum absolute atomic E-state index is 13.0. The Morgan fingerprint density at radius 1 is 0.939 bits per heavy atom. The normalized spacial score (nSPS) is 15.2. The van der Waals surface area contributed by atoms with E-state index >= 15 is 0 Å². The number of benzene rings is 3. The van der Waals surface area contributed by atoms with Crippen molar-refractivity contribution in [3.05, 3.63) is 83.4 Å². The van der Waals surface area contributed by atoms with Gasteiger partial charge in [0.1, 0.15) is 11.9 Å². The number of halogens is 1. The van der Waals surface area contributed by atoms with Crippen molar-refractivity contribution in [2.75, 3.05) is 88.8 Å². The Kier molecular flexibility index (Phi) is 16.8. The lowest BCUT2D eigenvalue weighted by Crippen LogP contribution is -2.36. The zero-order chi connectivity index (χ0) is 34.1. The van der Waals surface area contributed by atoms with Crippen LogP contribution in [0.4, 0.5) is 17.1 Å². The van der Waals surface area contributed by atoms with Crippen molar-refractivity contribution in [3.63, 3.8) is 0 Å². The molecule has 5 rings (SSSR count). The Bertz CT molecular complexity index is 1550. The Hall–Kier alpha value is -4.25. The summed E-state index contributed by atoms with van der Waals surface area (Å²) < 4.78 is 16.7. The molecule has 0 spiro atoms. The second-order valence-corrected chi connectivity index (χ2v) is 11.8. The van der Waals surface area contributed by atoms with Crippen LogP contribution in [0.1, 0.15) is 46.0 Å². The van der Waals surface area contributed by atoms with Gasteiger partial charge in [-0.2, -0.15) is 0 Å². The first kappa shape index (κ1) is 39.2. The molecule has 2 fully saturated rings. The fraction of sp³-hybridized carbons (Fsp3) is 0.432. The molecule has 2 heterocycles. The molecule has 3 aromatic rings. The number of nitrogens with zero attached hydrogens (tertiary/aromatic N) is 4. The number of aliphatic imine (C=N–C) groups is 2. The van der Waals surface area contributed by atoms with Gasteiger partial charge in [-0.3, -0.25) is 9.59 Å². The summed E-state index contributed by atoms with van der Waals surface area (Å²) in [6.45, 7) is 10.8. The van der Waals surface area contributed by atoms with Crippen LogP contribution in [0.5, 0.6) is 5.75 Å². The van der Waals surface area contributed by atoms with Gasteiger partial charge >= 0.3 is 0 Å². The highest BCUT2D eigenvalue weighted by Crippen LogP contribution is 2.24. The number of rotatable bonds is 12. The number of amides is 2. The van der Waals surface area contributed by atoms with Crippen LogP contribution >= 0.6 is 12.4 Å². The third kappa shape index (κ3) is 13.3. The van der Waals surface area contributed by atoms with Gasteiger partial charge in [0.05, 0.1) is 39.0 Å². The number of ether oxygens (including phenoxy) is 3. The fourth-order valence-electron chi connectivity index (χ4n) is 5.04. The van der Waals surface area contributed by atoms with Crippen molar-refractivity contribution in [3.8, 4) is 5.75 Å². The third-order valence-electron chi connectivity index (χ3n) is 7.69. The number of carbonyl (C=O) groups excluding carboxylic acids is 2. The molecule has 11 nitrogen and oxygen atoms in total. The predicted molar refractivity (Wildman–Crippen MR) is 199 cm³/mol. The van der Waals surface area contributed by atoms with Crippen molar-refractivity contribution >= 4 is 47.3 Å². The summed E-state index contributed by atoms with van der Waals surface area (Å²) in [5.41, 5.74) is 4.17. The lowest BCUT2D eigenvalue weighted by molar-refractivity contribution is 0.101. The number of anilines is 3. The molecule has 264 valence electrons. The predicted octanol–water partition coefficient (Wildman–Crippen LogP) is 6.06. The van der Waals surface area contributed by atoms with Gasteiger partial charge in [-0.05, 0) is 95.0 Å². The molecule has 0 radical (unpaired) electrons. The molecule has 12 heteroatoms. The second-order valence-electron chi connectivity index (χ2n) is 11.8. The van der Waals surface area contributed by atoms with Gasteiger partial charge in [0.2, 0.25) is 0 Å². The lowest BCUT2D eigenvalue weighted by atomic mass is 10.1. The van der Waals surface area contributed by atoms with Gasteiger partial charge in [0, 0.05) is 54.2 Å². The van der Waals surface area contributed by atoms with Gasteiger partial charge in [-0.25, -0.2) is 9.98 Å². The number of aryl methyl sites for hydroxylation is 1. The fourth-order valence-corrected chi connectivity index (χ4v) is 5.04. The minimum absolute atomic E-state index is 0. The first-order valence-electron chi connectivity index (χ1n) is 16.6. The van der Waals surface area contributed by atoms with Crippen LogP contribution in [0.2, 0.25) is 0 Å². The van der Waals surface area contributed by atoms with Crippen LogP contribution in [0.15, 0.2) is 76.7 Å². The first-order chi connectivity index (χ1) is 23.3. The molecule has 2 aliphatic rings. The second kappa shape index (κ2) is 21.0. The van der Waals surface area contributed by atoms with E-state index in [9.17, 15) is 9.59 Å². The lowest BCUT2D eigenvalue weighted by Gasteiger charge is -2.29. The minimum atomic E-state index is -0.252. The van der Waals surface area contributed by atoms with Gasteiger partial charge < -0.3 is 34.6 Å². The van der Waals surface area contributed by atoms with Crippen molar-refractivity contribution < 1.29 is 23.8 Å². The Morgan fingerprint density at radius 2 is 1.67 bits per heavy atom. The highest BCUT2D eigenvalue weighted by Gasteiger charge is 2.18. The van der Waals surface area contributed by atoms with Crippen LogP contribution in [0.25, 0.3) is 0 Å². The minimum Gasteiger partial charge on any atom is -0.488 e. The summed E-state index contributed by atoms with van der Waals surface area (Å²) in [6.07, 6.45) is 1.93. The highest BCUT2D eigenvalue weighted by atomic mass is 35.5. The molecule has 2 aliphatic heterocycles. The van der Waals surface area contributed by atoms with Crippen LogP contribution in [-0.4, -0.2) is 102 Å². The van der Waals surface area contributed by atoms with E-state index in [-0.39, 0.29) is 30.3 Å². The Balaban J connectivity index is 0.000000469. The van der Waals surface area contributed by atoms with Crippen LogP contribution in [0.3, 0.4) is 0 Å². The zero-order valence-electron chi connectivity index (χ0n) is 28.9. The van der Waals surface area contributed by atoms with E-state index in [4.69, 9.17) is 14.2 Å². The molecule has 0 bridgehead atoms. The SMILES string of the molecule is CCN=C=NCCCN(C)C.Cc1ccc(NC(=O)c2cccc(N3CCOCC3)c2)cc1NC(=O)c1cccc(OC2CCOC2)c1.Cl. The summed E-state index contributed by atoms with van der Waals surface area (Å²) in [5.74, 6) is 0.176. The van der Waals surface area contributed by atoms with Crippen LogP contribution < -0.4 is 20.3 Å². The molecular formula is C37H49ClN6O5. The van der Waals surface area contributed by atoms with E-state index in [0.29, 0.717) is 54.7 Å². The average Bonchev–Trinajstić information content (AvgIpc) is 3.61. The van der Waals surface area contributed by atoms with E-state index in [1.54, 1.807) is 30.3 Å². The van der Waals surface area contributed by atoms with Crippen molar-refractivity contribution in [2.45, 2.75) is 32.8 Å². The largest absolute Gasteiger partial charge is 0.488 e. The molecule has 0 aliphatic carbocycles. The Labute approximate surface area is 296 Å². The maximum atomic E-state index is 13.0.